The third-order valence-electron chi connectivity index (χ3n) is 4.40. The topological polar surface area (TPSA) is 15.3 Å². The summed E-state index contributed by atoms with van der Waals surface area (Å²) in [5, 5.41) is 3.56. The van der Waals surface area contributed by atoms with Gasteiger partial charge in [-0.1, -0.05) is 18.9 Å². The summed E-state index contributed by atoms with van der Waals surface area (Å²) in [5.74, 6) is -0.109. The van der Waals surface area contributed by atoms with E-state index >= 15 is 0 Å². The van der Waals surface area contributed by atoms with Crippen LogP contribution in [0.1, 0.15) is 44.1 Å². The van der Waals surface area contributed by atoms with Gasteiger partial charge in [-0.25, -0.2) is 4.39 Å². The molecule has 1 aliphatic heterocycles. The van der Waals surface area contributed by atoms with Crippen LogP contribution in [0.5, 0.6) is 0 Å². The van der Waals surface area contributed by atoms with Crippen molar-refractivity contribution in [2.45, 2.75) is 51.0 Å². The maximum absolute atomic E-state index is 13.3. The van der Waals surface area contributed by atoms with Gasteiger partial charge in [0, 0.05) is 24.8 Å². The molecule has 0 radical (unpaired) electrons. The number of rotatable bonds is 8. The fourth-order valence-corrected chi connectivity index (χ4v) is 3.03. The van der Waals surface area contributed by atoms with Gasteiger partial charge in [-0.05, 0) is 56.3 Å². The minimum atomic E-state index is -0.109. The van der Waals surface area contributed by atoms with Gasteiger partial charge in [0.2, 0.25) is 0 Å². The Morgan fingerprint density at radius 2 is 2.00 bits per heavy atom. The summed E-state index contributed by atoms with van der Waals surface area (Å²) in [6.07, 6.45) is 8.94. The molecule has 0 bridgehead atoms. The lowest BCUT2D eigenvalue weighted by Crippen LogP contribution is -2.22. The Kier molecular flexibility index (Phi) is 4.56. The molecule has 110 valence electrons. The normalized spacial score (nSPS) is 17.6. The molecule has 1 aromatic rings. The second kappa shape index (κ2) is 6.57. The van der Waals surface area contributed by atoms with E-state index in [1.807, 2.05) is 6.07 Å². The molecule has 1 fully saturated rings. The smallest absolute Gasteiger partial charge is 0.125 e. The summed E-state index contributed by atoms with van der Waals surface area (Å²) in [6.45, 7) is 3.32. The molecule has 0 amide bonds. The van der Waals surface area contributed by atoms with Crippen LogP contribution in [0.2, 0.25) is 0 Å². The lowest BCUT2D eigenvalue weighted by atomic mass is 10.1. The Hall–Kier alpha value is -1.09. The van der Waals surface area contributed by atoms with E-state index in [0.717, 1.165) is 31.2 Å². The molecule has 0 atom stereocenters. The third-order valence-corrected chi connectivity index (χ3v) is 4.40. The number of anilines is 1. The summed E-state index contributed by atoms with van der Waals surface area (Å²) >= 11 is 0. The zero-order valence-corrected chi connectivity index (χ0v) is 12.2. The molecule has 1 saturated carbocycles. The number of hydrogen-bond acceptors (Lipinski definition) is 2. The number of nitrogens with zero attached hydrogens (tertiary/aromatic N) is 1. The van der Waals surface area contributed by atoms with Crippen molar-refractivity contribution in [2.24, 2.45) is 0 Å². The monoisotopic (exact) mass is 276 g/mol. The van der Waals surface area contributed by atoms with Crippen LogP contribution >= 0.6 is 0 Å². The van der Waals surface area contributed by atoms with Gasteiger partial charge in [0.25, 0.3) is 0 Å². The molecule has 1 heterocycles. The van der Waals surface area contributed by atoms with Crippen molar-refractivity contribution in [3.8, 4) is 0 Å². The molecule has 0 saturated heterocycles. The largest absolute Gasteiger partial charge is 0.371 e. The molecule has 3 rings (SSSR count). The Morgan fingerprint density at radius 1 is 1.15 bits per heavy atom. The van der Waals surface area contributed by atoms with Crippen LogP contribution in [0.25, 0.3) is 0 Å². The highest BCUT2D eigenvalue weighted by Crippen LogP contribution is 2.28. The van der Waals surface area contributed by atoms with E-state index in [9.17, 15) is 4.39 Å². The van der Waals surface area contributed by atoms with E-state index in [4.69, 9.17) is 0 Å². The van der Waals surface area contributed by atoms with Crippen molar-refractivity contribution in [1.29, 1.82) is 0 Å². The van der Waals surface area contributed by atoms with E-state index in [0.29, 0.717) is 0 Å². The van der Waals surface area contributed by atoms with Crippen molar-refractivity contribution in [1.82, 2.24) is 5.32 Å². The van der Waals surface area contributed by atoms with Crippen molar-refractivity contribution in [3.05, 3.63) is 29.6 Å². The number of nitrogens with one attached hydrogen (secondary N) is 1. The van der Waals surface area contributed by atoms with Crippen molar-refractivity contribution < 1.29 is 4.39 Å². The molecular formula is C17H25FN2. The van der Waals surface area contributed by atoms with E-state index in [2.05, 4.69) is 10.2 Å². The molecule has 2 nitrogen and oxygen atoms in total. The minimum absolute atomic E-state index is 0.109. The van der Waals surface area contributed by atoms with Crippen molar-refractivity contribution >= 4 is 5.69 Å². The van der Waals surface area contributed by atoms with Crippen LogP contribution in [0, 0.1) is 5.82 Å². The quantitative estimate of drug-likeness (QED) is 0.731. The Balaban J connectivity index is 1.32. The molecule has 20 heavy (non-hydrogen) atoms. The minimum Gasteiger partial charge on any atom is -0.371 e. The SMILES string of the molecule is Fc1ccc2c(c1)N(CCCCCCNC1CC1)CC2. The van der Waals surface area contributed by atoms with Gasteiger partial charge in [0.15, 0.2) is 0 Å². The van der Waals surface area contributed by atoms with Crippen LogP contribution in [-0.2, 0) is 6.42 Å². The maximum Gasteiger partial charge on any atom is 0.125 e. The summed E-state index contributed by atoms with van der Waals surface area (Å²) in [4.78, 5) is 2.35. The first-order valence-corrected chi connectivity index (χ1v) is 8.10. The van der Waals surface area contributed by atoms with Gasteiger partial charge in [-0.3, -0.25) is 0 Å². The van der Waals surface area contributed by atoms with Crippen LogP contribution in [0.15, 0.2) is 18.2 Å². The van der Waals surface area contributed by atoms with E-state index in [1.54, 1.807) is 12.1 Å². The lowest BCUT2D eigenvalue weighted by Gasteiger charge is -2.19. The number of halogens is 1. The number of hydrogen-bond donors (Lipinski definition) is 1. The van der Waals surface area contributed by atoms with Gasteiger partial charge in [-0.2, -0.15) is 0 Å². The van der Waals surface area contributed by atoms with Crippen LogP contribution in [-0.4, -0.2) is 25.7 Å². The molecule has 0 spiro atoms. The first kappa shape index (κ1) is 13.9. The van der Waals surface area contributed by atoms with Crippen molar-refractivity contribution in [2.75, 3.05) is 24.5 Å². The molecule has 1 N–H and O–H groups in total. The second-order valence-corrected chi connectivity index (χ2v) is 6.15. The fraction of sp³-hybridized carbons (Fsp3) is 0.647. The number of fused-ring (bicyclic) bond motifs is 1. The number of benzene rings is 1. The zero-order chi connectivity index (χ0) is 13.8. The Morgan fingerprint density at radius 3 is 2.85 bits per heavy atom. The molecular weight excluding hydrogens is 251 g/mol. The van der Waals surface area contributed by atoms with Gasteiger partial charge in [0.05, 0.1) is 0 Å². The molecule has 1 aliphatic carbocycles. The van der Waals surface area contributed by atoms with Crippen molar-refractivity contribution in [3.63, 3.8) is 0 Å². The molecule has 2 aliphatic rings. The highest BCUT2D eigenvalue weighted by molar-refractivity contribution is 5.58. The first-order valence-electron chi connectivity index (χ1n) is 8.10. The summed E-state index contributed by atoms with van der Waals surface area (Å²) in [5.41, 5.74) is 2.43. The summed E-state index contributed by atoms with van der Waals surface area (Å²) < 4.78 is 13.3. The van der Waals surface area contributed by atoms with Gasteiger partial charge >= 0.3 is 0 Å². The van der Waals surface area contributed by atoms with Crippen LogP contribution in [0.4, 0.5) is 10.1 Å². The predicted octanol–water partition coefficient (Wildman–Crippen LogP) is 3.50. The van der Waals surface area contributed by atoms with Gasteiger partial charge in [-0.15, -0.1) is 0 Å². The zero-order valence-electron chi connectivity index (χ0n) is 12.2. The summed E-state index contributed by atoms with van der Waals surface area (Å²) in [6, 6.07) is 6.05. The fourth-order valence-electron chi connectivity index (χ4n) is 3.03. The van der Waals surface area contributed by atoms with Crippen LogP contribution in [0.3, 0.4) is 0 Å². The highest BCUT2D eigenvalue weighted by atomic mass is 19.1. The Labute approximate surface area is 121 Å². The standard InChI is InChI=1S/C17H25FN2/c18-15-6-5-14-9-12-20(17(14)13-15)11-4-2-1-3-10-19-16-7-8-16/h5-6,13,16,19H,1-4,7-12H2. The predicted molar refractivity (Wildman–Crippen MR) is 81.8 cm³/mol. The van der Waals surface area contributed by atoms with E-state index in [-0.39, 0.29) is 5.82 Å². The summed E-state index contributed by atoms with van der Waals surface area (Å²) in [7, 11) is 0. The average molecular weight is 276 g/mol. The third kappa shape index (κ3) is 3.72. The van der Waals surface area contributed by atoms with Gasteiger partial charge < -0.3 is 10.2 Å². The maximum atomic E-state index is 13.3. The van der Waals surface area contributed by atoms with Gasteiger partial charge in [0.1, 0.15) is 5.82 Å². The Bertz CT molecular complexity index is 443. The van der Waals surface area contributed by atoms with E-state index in [1.165, 1.54) is 50.6 Å². The average Bonchev–Trinajstić information content (AvgIpc) is 3.19. The second-order valence-electron chi connectivity index (χ2n) is 6.15. The molecule has 1 aromatic carbocycles. The molecule has 0 aromatic heterocycles. The van der Waals surface area contributed by atoms with E-state index < -0.39 is 0 Å². The molecule has 3 heteroatoms. The first-order chi connectivity index (χ1) is 9.83. The number of unbranched alkanes of at least 4 members (excludes halogenated alkanes) is 3. The lowest BCUT2D eigenvalue weighted by molar-refractivity contribution is 0.582. The highest BCUT2D eigenvalue weighted by Gasteiger charge is 2.20. The van der Waals surface area contributed by atoms with Crippen LogP contribution < -0.4 is 10.2 Å². The molecule has 0 unspecified atom stereocenters.